The summed E-state index contributed by atoms with van der Waals surface area (Å²) in [7, 11) is 0. The molecule has 0 aliphatic heterocycles. The van der Waals surface area contributed by atoms with Gasteiger partial charge >= 0.3 is 12.0 Å². The van der Waals surface area contributed by atoms with E-state index in [1.165, 1.54) is 0 Å². The fourth-order valence-electron chi connectivity index (χ4n) is 2.26. The molecule has 0 saturated heterocycles. The molecule has 1 atom stereocenters. The summed E-state index contributed by atoms with van der Waals surface area (Å²) in [4.78, 5) is 26.8. The molecule has 1 fully saturated rings. The van der Waals surface area contributed by atoms with E-state index in [0.29, 0.717) is 6.54 Å². The molecule has 0 aromatic carbocycles. The van der Waals surface area contributed by atoms with E-state index in [0.717, 1.165) is 32.5 Å². The zero-order valence-electron chi connectivity index (χ0n) is 12.8. The second kappa shape index (κ2) is 8.09. The summed E-state index contributed by atoms with van der Waals surface area (Å²) in [6.45, 7) is 9.21. The Morgan fingerprint density at radius 1 is 1.30 bits per heavy atom. The van der Waals surface area contributed by atoms with E-state index in [9.17, 15) is 9.59 Å². The molecule has 2 amide bonds. The van der Waals surface area contributed by atoms with Crippen molar-refractivity contribution in [1.29, 1.82) is 0 Å². The van der Waals surface area contributed by atoms with Gasteiger partial charge in [-0.25, -0.2) is 4.79 Å². The maximum atomic E-state index is 12.2. The normalized spacial score (nSPS) is 16.0. The van der Waals surface area contributed by atoms with E-state index in [-0.39, 0.29) is 24.5 Å². The number of hydrogen-bond acceptors (Lipinski definition) is 3. The lowest BCUT2D eigenvalue weighted by molar-refractivity contribution is -0.137. The highest BCUT2D eigenvalue weighted by Crippen LogP contribution is 2.27. The van der Waals surface area contributed by atoms with E-state index in [4.69, 9.17) is 5.11 Å². The lowest BCUT2D eigenvalue weighted by Crippen LogP contribution is -2.49. The minimum absolute atomic E-state index is 0.00828. The maximum Gasteiger partial charge on any atom is 0.317 e. The molecule has 6 nitrogen and oxygen atoms in total. The number of urea groups is 1. The zero-order chi connectivity index (χ0) is 15.1. The first-order valence-corrected chi connectivity index (χ1v) is 7.49. The molecule has 0 radical (unpaired) electrons. The Hall–Kier alpha value is -1.30. The van der Waals surface area contributed by atoms with Gasteiger partial charge in [-0.3, -0.25) is 4.79 Å². The topological polar surface area (TPSA) is 72.9 Å². The SMILES string of the molecule is CCN(CC)CC(C)NC(=O)N(CCC(=O)O)C1CC1. The fraction of sp³-hybridized carbons (Fsp3) is 0.857. The molecule has 6 heteroatoms. The zero-order valence-corrected chi connectivity index (χ0v) is 12.8. The minimum Gasteiger partial charge on any atom is -0.481 e. The van der Waals surface area contributed by atoms with E-state index in [1.54, 1.807) is 4.90 Å². The second-order valence-corrected chi connectivity index (χ2v) is 5.40. The Morgan fingerprint density at radius 3 is 2.35 bits per heavy atom. The molecule has 1 aliphatic carbocycles. The van der Waals surface area contributed by atoms with Crippen LogP contribution in [-0.2, 0) is 4.79 Å². The fourth-order valence-corrected chi connectivity index (χ4v) is 2.26. The summed E-state index contributed by atoms with van der Waals surface area (Å²) in [5, 5.41) is 11.7. The van der Waals surface area contributed by atoms with Crippen LogP contribution in [0.1, 0.15) is 40.0 Å². The van der Waals surface area contributed by atoms with E-state index < -0.39 is 5.97 Å². The Bertz CT molecular complexity index is 328. The maximum absolute atomic E-state index is 12.2. The summed E-state index contributed by atoms with van der Waals surface area (Å²) in [6, 6.07) is 0.164. The average molecular weight is 285 g/mol. The van der Waals surface area contributed by atoms with Crippen molar-refractivity contribution >= 4 is 12.0 Å². The summed E-state index contributed by atoms with van der Waals surface area (Å²) in [6.07, 6.45) is 1.98. The third-order valence-electron chi connectivity index (χ3n) is 3.61. The molecule has 0 aromatic rings. The number of amides is 2. The molecule has 1 unspecified atom stereocenters. The number of nitrogens with one attached hydrogen (secondary N) is 1. The quantitative estimate of drug-likeness (QED) is 0.671. The second-order valence-electron chi connectivity index (χ2n) is 5.40. The summed E-state index contributed by atoms with van der Waals surface area (Å²) < 4.78 is 0. The summed E-state index contributed by atoms with van der Waals surface area (Å²) in [5.41, 5.74) is 0. The van der Waals surface area contributed by atoms with Crippen LogP contribution in [0.2, 0.25) is 0 Å². The molecular weight excluding hydrogens is 258 g/mol. The van der Waals surface area contributed by atoms with E-state index in [2.05, 4.69) is 24.1 Å². The van der Waals surface area contributed by atoms with Crippen LogP contribution in [0.5, 0.6) is 0 Å². The Morgan fingerprint density at radius 2 is 1.90 bits per heavy atom. The molecule has 1 saturated carbocycles. The van der Waals surface area contributed by atoms with Gasteiger partial charge in [0.1, 0.15) is 0 Å². The number of aliphatic carboxylic acids is 1. The highest BCUT2D eigenvalue weighted by atomic mass is 16.4. The molecule has 20 heavy (non-hydrogen) atoms. The number of carbonyl (C=O) groups excluding carboxylic acids is 1. The number of nitrogens with zero attached hydrogens (tertiary/aromatic N) is 2. The van der Waals surface area contributed by atoms with Crippen molar-refractivity contribution in [3.8, 4) is 0 Å². The van der Waals surface area contributed by atoms with Crippen LogP contribution in [-0.4, -0.2) is 65.2 Å². The molecule has 0 heterocycles. The largest absolute Gasteiger partial charge is 0.481 e. The van der Waals surface area contributed by atoms with Crippen LogP contribution in [0.25, 0.3) is 0 Å². The smallest absolute Gasteiger partial charge is 0.317 e. The van der Waals surface area contributed by atoms with Crippen molar-refractivity contribution in [3.63, 3.8) is 0 Å². The van der Waals surface area contributed by atoms with Crippen LogP contribution in [0.4, 0.5) is 4.79 Å². The molecule has 1 aliphatic rings. The van der Waals surface area contributed by atoms with Gasteiger partial charge < -0.3 is 20.2 Å². The molecule has 116 valence electrons. The average Bonchev–Trinajstić information content (AvgIpc) is 3.20. The predicted molar refractivity (Wildman–Crippen MR) is 77.8 cm³/mol. The van der Waals surface area contributed by atoms with Gasteiger partial charge in [-0.2, -0.15) is 0 Å². The predicted octanol–water partition coefficient (Wildman–Crippen LogP) is 1.37. The summed E-state index contributed by atoms with van der Waals surface area (Å²) in [5.74, 6) is -0.861. The number of hydrogen-bond donors (Lipinski definition) is 2. The first kappa shape index (κ1) is 16.8. The van der Waals surface area contributed by atoms with Crippen molar-refractivity contribution in [1.82, 2.24) is 15.1 Å². The number of carbonyl (C=O) groups is 2. The Kier molecular flexibility index (Phi) is 6.78. The van der Waals surface area contributed by atoms with Crippen LogP contribution in [0.15, 0.2) is 0 Å². The third kappa shape index (κ3) is 5.77. The van der Waals surface area contributed by atoms with Crippen molar-refractivity contribution in [2.24, 2.45) is 0 Å². The Balaban J connectivity index is 2.42. The van der Waals surface area contributed by atoms with Crippen LogP contribution in [0.3, 0.4) is 0 Å². The third-order valence-corrected chi connectivity index (χ3v) is 3.61. The van der Waals surface area contributed by atoms with Crippen LogP contribution >= 0.6 is 0 Å². The lowest BCUT2D eigenvalue weighted by atomic mass is 10.3. The van der Waals surface area contributed by atoms with Gasteiger partial charge in [0.05, 0.1) is 6.42 Å². The molecular formula is C14H27N3O3. The van der Waals surface area contributed by atoms with Gasteiger partial charge in [0, 0.05) is 25.2 Å². The first-order chi connectivity index (χ1) is 9.47. The standard InChI is InChI=1S/C14H27N3O3/c1-4-16(5-2)10-11(3)15-14(20)17(12-6-7-12)9-8-13(18)19/h11-12H,4-10H2,1-3H3,(H,15,20)(H,18,19). The van der Waals surface area contributed by atoms with Crippen LogP contribution in [0, 0.1) is 0 Å². The van der Waals surface area contributed by atoms with Gasteiger partial charge in [-0.15, -0.1) is 0 Å². The summed E-state index contributed by atoms with van der Waals surface area (Å²) >= 11 is 0. The van der Waals surface area contributed by atoms with Gasteiger partial charge in [0.15, 0.2) is 0 Å². The molecule has 2 N–H and O–H groups in total. The van der Waals surface area contributed by atoms with Crippen molar-refractivity contribution in [3.05, 3.63) is 0 Å². The van der Waals surface area contributed by atoms with Gasteiger partial charge in [-0.1, -0.05) is 13.8 Å². The molecule has 0 bridgehead atoms. The van der Waals surface area contributed by atoms with Crippen LogP contribution < -0.4 is 5.32 Å². The number of rotatable bonds is 9. The van der Waals surface area contributed by atoms with Gasteiger partial charge in [0.2, 0.25) is 0 Å². The lowest BCUT2D eigenvalue weighted by Gasteiger charge is -2.27. The monoisotopic (exact) mass is 285 g/mol. The molecule has 0 spiro atoms. The van der Waals surface area contributed by atoms with Gasteiger partial charge in [-0.05, 0) is 32.9 Å². The first-order valence-electron chi connectivity index (χ1n) is 7.49. The van der Waals surface area contributed by atoms with E-state index >= 15 is 0 Å². The highest BCUT2D eigenvalue weighted by Gasteiger charge is 2.33. The Labute approximate surface area is 121 Å². The number of likely N-dealkylation sites (N-methyl/N-ethyl adjacent to an activating group) is 1. The van der Waals surface area contributed by atoms with Crippen molar-refractivity contribution in [2.45, 2.75) is 52.1 Å². The minimum atomic E-state index is -0.861. The van der Waals surface area contributed by atoms with Crippen molar-refractivity contribution < 1.29 is 14.7 Å². The van der Waals surface area contributed by atoms with Crippen molar-refractivity contribution in [2.75, 3.05) is 26.2 Å². The molecule has 0 aromatic heterocycles. The number of carboxylic acids is 1. The van der Waals surface area contributed by atoms with Gasteiger partial charge in [0.25, 0.3) is 0 Å². The molecule has 1 rings (SSSR count). The van der Waals surface area contributed by atoms with E-state index in [1.807, 2.05) is 6.92 Å². The number of carboxylic acid groups (broad SMARTS) is 1. The highest BCUT2D eigenvalue weighted by molar-refractivity contribution is 5.76.